The van der Waals surface area contributed by atoms with Crippen LogP contribution in [0.1, 0.15) is 58.6 Å². The highest BCUT2D eigenvalue weighted by atomic mass is 16.5. The molecule has 6 heteroatoms. The number of hydrogen-bond donors (Lipinski definition) is 1. The Morgan fingerprint density at radius 1 is 0.897 bits per heavy atom. The highest BCUT2D eigenvalue weighted by Crippen LogP contribution is 2.48. The van der Waals surface area contributed by atoms with Crippen LogP contribution in [0.4, 0.5) is 0 Å². The number of nitrogens with one attached hydrogen (secondary N) is 1. The smallest absolute Gasteiger partial charge is 0.321 e. The average molecular weight is 523 g/mol. The lowest BCUT2D eigenvalue weighted by molar-refractivity contribution is -0.149. The van der Waals surface area contributed by atoms with Crippen LogP contribution in [0, 0.1) is 0 Å². The fourth-order valence-corrected chi connectivity index (χ4v) is 6.03. The highest BCUT2D eigenvalue weighted by Gasteiger charge is 2.50. The molecule has 2 unspecified atom stereocenters. The molecule has 0 bridgehead atoms. The van der Waals surface area contributed by atoms with Gasteiger partial charge in [0.1, 0.15) is 12.0 Å². The first-order chi connectivity index (χ1) is 19.0. The largest absolute Gasteiger partial charge is 0.461 e. The first kappa shape index (κ1) is 26.4. The van der Waals surface area contributed by atoms with Crippen molar-refractivity contribution in [1.29, 1.82) is 0 Å². The van der Waals surface area contributed by atoms with Gasteiger partial charge in [-0.2, -0.15) is 0 Å². The summed E-state index contributed by atoms with van der Waals surface area (Å²) >= 11 is 0. The zero-order valence-corrected chi connectivity index (χ0v) is 22.1. The normalized spacial score (nSPS) is 20.9. The summed E-state index contributed by atoms with van der Waals surface area (Å²) in [6.45, 7) is 4.99. The number of nitrogens with zero attached hydrogens (tertiary/aromatic N) is 1. The molecule has 200 valence electrons. The van der Waals surface area contributed by atoms with E-state index in [0.29, 0.717) is 44.3 Å². The maximum Gasteiger partial charge on any atom is 0.321 e. The molecule has 2 amide bonds. The quantitative estimate of drug-likeness (QED) is 0.350. The van der Waals surface area contributed by atoms with E-state index in [1.165, 1.54) is 0 Å². The number of esters is 1. The number of piperidine rings is 1. The first-order valence-corrected chi connectivity index (χ1v) is 13.6. The molecule has 0 spiro atoms. The van der Waals surface area contributed by atoms with Crippen molar-refractivity contribution in [2.75, 3.05) is 19.7 Å². The van der Waals surface area contributed by atoms with Crippen molar-refractivity contribution in [3.05, 3.63) is 120 Å². The van der Waals surface area contributed by atoms with Gasteiger partial charge in [-0.15, -0.1) is 0 Å². The van der Waals surface area contributed by atoms with Crippen molar-refractivity contribution in [2.45, 2.75) is 43.1 Å². The van der Waals surface area contributed by atoms with E-state index in [1.807, 2.05) is 77.7 Å². The summed E-state index contributed by atoms with van der Waals surface area (Å²) in [6, 6.07) is 26.7. The Labute approximate surface area is 229 Å². The number of carbonyl (C=O) groups excluding carboxylic acids is 3. The van der Waals surface area contributed by atoms with Crippen LogP contribution in [-0.2, 0) is 19.7 Å². The summed E-state index contributed by atoms with van der Waals surface area (Å²) in [5.41, 5.74) is 2.25. The van der Waals surface area contributed by atoms with Gasteiger partial charge in [0.25, 0.3) is 5.91 Å². The van der Waals surface area contributed by atoms with E-state index >= 15 is 0 Å². The summed E-state index contributed by atoms with van der Waals surface area (Å²) in [6.07, 6.45) is 4.01. The lowest BCUT2D eigenvalue weighted by atomic mass is 9.63. The maximum atomic E-state index is 13.9. The Bertz CT molecular complexity index is 1330. The fraction of sp³-hybridized carbons (Fsp3) is 0.303. The summed E-state index contributed by atoms with van der Waals surface area (Å²) in [7, 11) is 0. The molecule has 0 radical (unpaired) electrons. The number of carbonyl (C=O) groups is 3. The number of likely N-dealkylation sites (tertiary alicyclic amines) is 1. The molecule has 3 aromatic rings. The van der Waals surface area contributed by atoms with E-state index in [0.717, 1.165) is 16.7 Å². The minimum Gasteiger partial charge on any atom is -0.461 e. The average Bonchev–Trinajstić information content (AvgIpc) is 3.00. The molecule has 39 heavy (non-hydrogen) atoms. The fourth-order valence-electron chi connectivity index (χ4n) is 6.03. The van der Waals surface area contributed by atoms with Gasteiger partial charge in [-0.25, -0.2) is 0 Å². The maximum absolute atomic E-state index is 13.9. The molecule has 1 saturated heterocycles. The van der Waals surface area contributed by atoms with Crippen LogP contribution in [0.25, 0.3) is 0 Å². The lowest BCUT2D eigenvalue weighted by Gasteiger charge is -2.42. The van der Waals surface area contributed by atoms with Gasteiger partial charge in [0.2, 0.25) is 5.91 Å². The molecular weight excluding hydrogens is 488 g/mol. The number of hydrogen-bond acceptors (Lipinski definition) is 4. The molecule has 1 fully saturated rings. The first-order valence-electron chi connectivity index (χ1n) is 13.6. The van der Waals surface area contributed by atoms with Crippen molar-refractivity contribution in [2.24, 2.45) is 0 Å². The van der Waals surface area contributed by atoms with E-state index in [2.05, 4.69) is 11.9 Å². The molecule has 2 atom stereocenters. The van der Waals surface area contributed by atoms with Crippen LogP contribution >= 0.6 is 0 Å². The van der Waals surface area contributed by atoms with Gasteiger partial charge < -0.3 is 15.0 Å². The molecular formula is C33H34N2O4. The van der Waals surface area contributed by atoms with Crippen molar-refractivity contribution in [3.8, 4) is 0 Å². The third-order valence-electron chi connectivity index (χ3n) is 8.03. The molecule has 0 aromatic heterocycles. The highest BCUT2D eigenvalue weighted by molar-refractivity contribution is 5.94. The van der Waals surface area contributed by atoms with Crippen molar-refractivity contribution in [3.63, 3.8) is 0 Å². The van der Waals surface area contributed by atoms with Crippen molar-refractivity contribution < 1.29 is 19.1 Å². The Kier molecular flexibility index (Phi) is 7.92. The zero-order chi connectivity index (χ0) is 27.2. The van der Waals surface area contributed by atoms with Gasteiger partial charge in [-0.05, 0) is 54.5 Å². The van der Waals surface area contributed by atoms with Gasteiger partial charge in [-0.3, -0.25) is 14.4 Å². The summed E-state index contributed by atoms with van der Waals surface area (Å²) in [5.74, 6) is -0.652. The van der Waals surface area contributed by atoms with Gasteiger partial charge >= 0.3 is 5.97 Å². The van der Waals surface area contributed by atoms with Gasteiger partial charge in [0.05, 0.1) is 5.92 Å². The zero-order valence-electron chi connectivity index (χ0n) is 22.1. The van der Waals surface area contributed by atoms with E-state index in [-0.39, 0.29) is 36.4 Å². The van der Waals surface area contributed by atoms with Crippen LogP contribution in [0.3, 0.4) is 0 Å². The van der Waals surface area contributed by atoms with Gasteiger partial charge in [0, 0.05) is 24.7 Å². The Morgan fingerprint density at radius 3 is 2.23 bits per heavy atom. The van der Waals surface area contributed by atoms with E-state index < -0.39 is 5.41 Å². The second kappa shape index (κ2) is 11.7. The van der Waals surface area contributed by atoms with E-state index in [4.69, 9.17) is 4.74 Å². The van der Waals surface area contributed by atoms with Gasteiger partial charge in [0.15, 0.2) is 0 Å². The lowest BCUT2D eigenvalue weighted by Crippen LogP contribution is -2.49. The monoisotopic (exact) mass is 522 g/mol. The second-order valence-electron chi connectivity index (χ2n) is 10.3. The number of amides is 2. The van der Waals surface area contributed by atoms with Crippen LogP contribution in [-0.4, -0.2) is 48.4 Å². The second-order valence-corrected chi connectivity index (χ2v) is 10.3. The SMILES string of the molecule is C=CCOC(=O)C1(c2ccccc2)CCC(C(=O)N2CCC(NC(=O)c3ccccc3)CC2)c2ccccc21. The third-order valence-corrected chi connectivity index (χ3v) is 8.03. The van der Waals surface area contributed by atoms with E-state index in [1.54, 1.807) is 18.2 Å². The molecule has 3 aromatic carbocycles. The van der Waals surface area contributed by atoms with Crippen LogP contribution in [0.15, 0.2) is 97.6 Å². The summed E-state index contributed by atoms with van der Waals surface area (Å²) in [4.78, 5) is 42.0. The van der Waals surface area contributed by atoms with Crippen molar-refractivity contribution in [1.82, 2.24) is 10.2 Å². The summed E-state index contributed by atoms with van der Waals surface area (Å²) in [5, 5.41) is 3.11. The minimum atomic E-state index is -0.980. The predicted molar refractivity (Wildman–Crippen MR) is 150 cm³/mol. The standard InChI is InChI=1S/C33H34N2O4/c1-2-23-39-32(38)33(25-13-7-4-8-14-25)20-17-28(27-15-9-10-16-29(27)33)31(37)35-21-18-26(19-22-35)34-30(36)24-11-5-3-6-12-24/h2-16,26,28H,1,17-23H2,(H,34,36). The molecule has 1 heterocycles. The number of fused-ring (bicyclic) bond motifs is 1. The van der Waals surface area contributed by atoms with Crippen molar-refractivity contribution >= 4 is 17.8 Å². The third kappa shape index (κ3) is 5.24. The van der Waals surface area contributed by atoms with Crippen LogP contribution in [0.2, 0.25) is 0 Å². The number of benzene rings is 3. The Balaban J connectivity index is 1.34. The number of ether oxygens (including phenoxy) is 1. The van der Waals surface area contributed by atoms with Crippen LogP contribution < -0.4 is 5.32 Å². The molecule has 1 aliphatic heterocycles. The van der Waals surface area contributed by atoms with Gasteiger partial charge in [-0.1, -0.05) is 85.5 Å². The van der Waals surface area contributed by atoms with E-state index in [9.17, 15) is 14.4 Å². The molecule has 6 nitrogen and oxygen atoms in total. The number of rotatable bonds is 7. The Hall–Kier alpha value is -4.19. The molecule has 5 rings (SSSR count). The Morgan fingerprint density at radius 2 is 1.54 bits per heavy atom. The minimum absolute atomic E-state index is 0.0331. The predicted octanol–water partition coefficient (Wildman–Crippen LogP) is 5.00. The topological polar surface area (TPSA) is 75.7 Å². The molecule has 1 aliphatic carbocycles. The molecule has 0 saturated carbocycles. The summed E-state index contributed by atoms with van der Waals surface area (Å²) < 4.78 is 5.65. The molecule has 2 aliphatic rings. The van der Waals surface area contributed by atoms with Crippen LogP contribution in [0.5, 0.6) is 0 Å². The molecule has 1 N–H and O–H groups in total.